The lowest BCUT2D eigenvalue weighted by atomic mass is 9.80. The van der Waals surface area contributed by atoms with Crippen LogP contribution in [0.2, 0.25) is 0 Å². The molecule has 3 rings (SSSR count). The van der Waals surface area contributed by atoms with Gasteiger partial charge in [0.2, 0.25) is 0 Å². The molecule has 0 atom stereocenters. The fraction of sp³-hybridized carbons (Fsp3) is 0.133. The van der Waals surface area contributed by atoms with Gasteiger partial charge in [-0.15, -0.1) is 0 Å². The van der Waals surface area contributed by atoms with E-state index in [-0.39, 0.29) is 0 Å². The number of ether oxygens (including phenoxy) is 1. The minimum absolute atomic E-state index is 0.363. The van der Waals surface area contributed by atoms with Gasteiger partial charge in [0.05, 0.1) is 5.52 Å². The average Bonchev–Trinajstić information content (AvgIpc) is 2.83. The van der Waals surface area contributed by atoms with Gasteiger partial charge in [0.25, 0.3) is 0 Å². The number of fused-ring (bicyclic) bond motifs is 1. The molecule has 106 valence electrons. The zero-order chi connectivity index (χ0) is 14.8. The number of benzene rings is 2. The molecule has 0 amide bonds. The molecule has 6 heteroatoms. The van der Waals surface area contributed by atoms with E-state index < -0.39 is 7.12 Å². The third kappa shape index (κ3) is 2.77. The van der Waals surface area contributed by atoms with Crippen LogP contribution in [0.3, 0.4) is 0 Å². The molecule has 0 radical (unpaired) electrons. The van der Waals surface area contributed by atoms with Crippen LogP contribution >= 0.6 is 0 Å². The third-order valence-electron chi connectivity index (χ3n) is 3.39. The van der Waals surface area contributed by atoms with Crippen LogP contribution in [0.25, 0.3) is 10.9 Å². The van der Waals surface area contributed by atoms with E-state index in [1.54, 1.807) is 24.3 Å². The second-order valence-electron chi connectivity index (χ2n) is 4.82. The Morgan fingerprint density at radius 3 is 2.52 bits per heavy atom. The van der Waals surface area contributed by atoms with Crippen molar-refractivity contribution in [2.45, 2.75) is 6.61 Å². The van der Waals surface area contributed by atoms with Crippen LogP contribution in [0.1, 0.15) is 5.69 Å². The first kappa shape index (κ1) is 13.7. The number of hydrogen-bond acceptors (Lipinski definition) is 4. The molecule has 0 fully saturated rings. The summed E-state index contributed by atoms with van der Waals surface area (Å²) < 4.78 is 7.54. The SMILES string of the molecule is Cn1nc(COc2ccc(B(O)O)cc2)c2ccccc21. The zero-order valence-electron chi connectivity index (χ0n) is 11.6. The normalized spacial score (nSPS) is 10.8. The molecular weight excluding hydrogens is 267 g/mol. The Balaban J connectivity index is 1.77. The molecule has 2 aromatic carbocycles. The van der Waals surface area contributed by atoms with Gasteiger partial charge in [0.1, 0.15) is 18.1 Å². The highest BCUT2D eigenvalue weighted by Gasteiger charge is 2.11. The number of aryl methyl sites for hydroxylation is 1. The van der Waals surface area contributed by atoms with Gasteiger partial charge < -0.3 is 14.8 Å². The second kappa shape index (κ2) is 5.59. The molecular formula is C15H15BN2O3. The summed E-state index contributed by atoms with van der Waals surface area (Å²) in [6.07, 6.45) is 0. The van der Waals surface area contributed by atoms with Crippen molar-refractivity contribution in [2.24, 2.45) is 7.05 Å². The fourth-order valence-corrected chi connectivity index (χ4v) is 2.28. The van der Waals surface area contributed by atoms with E-state index in [0.717, 1.165) is 16.6 Å². The first-order chi connectivity index (χ1) is 10.1. The Kier molecular flexibility index (Phi) is 3.64. The van der Waals surface area contributed by atoms with E-state index in [0.29, 0.717) is 17.8 Å². The van der Waals surface area contributed by atoms with E-state index in [9.17, 15) is 0 Å². The topological polar surface area (TPSA) is 67.5 Å². The number of hydrogen-bond donors (Lipinski definition) is 2. The number of para-hydroxylation sites is 1. The number of nitrogens with zero attached hydrogens (tertiary/aromatic N) is 2. The molecule has 0 bridgehead atoms. The van der Waals surface area contributed by atoms with Crippen LogP contribution in [0.5, 0.6) is 5.75 Å². The maximum absolute atomic E-state index is 9.05. The molecule has 0 saturated heterocycles. The molecule has 0 saturated carbocycles. The summed E-state index contributed by atoms with van der Waals surface area (Å²) in [7, 11) is 0.447. The zero-order valence-corrected chi connectivity index (χ0v) is 11.6. The summed E-state index contributed by atoms with van der Waals surface area (Å²) in [6, 6.07) is 14.7. The highest BCUT2D eigenvalue weighted by Crippen LogP contribution is 2.19. The van der Waals surface area contributed by atoms with Gasteiger partial charge in [-0.3, -0.25) is 4.68 Å². The van der Waals surface area contributed by atoms with Gasteiger partial charge in [0.15, 0.2) is 0 Å². The predicted molar refractivity (Wildman–Crippen MR) is 81.3 cm³/mol. The summed E-state index contributed by atoms with van der Waals surface area (Å²) in [5.74, 6) is 0.661. The predicted octanol–water partition coefficient (Wildman–Crippen LogP) is 0.832. The lowest BCUT2D eigenvalue weighted by Crippen LogP contribution is -2.29. The van der Waals surface area contributed by atoms with Crippen LogP contribution in [0.4, 0.5) is 0 Å². The molecule has 3 aromatic rings. The Morgan fingerprint density at radius 2 is 1.81 bits per heavy atom. The van der Waals surface area contributed by atoms with E-state index in [4.69, 9.17) is 14.8 Å². The molecule has 0 aliphatic rings. The lowest BCUT2D eigenvalue weighted by molar-refractivity contribution is 0.301. The largest absolute Gasteiger partial charge is 0.488 e. The van der Waals surface area contributed by atoms with E-state index in [1.807, 2.05) is 36.0 Å². The van der Waals surface area contributed by atoms with Crippen LogP contribution in [0.15, 0.2) is 48.5 Å². The Hall–Kier alpha value is -2.31. The minimum Gasteiger partial charge on any atom is -0.487 e. The van der Waals surface area contributed by atoms with E-state index in [1.165, 1.54) is 0 Å². The van der Waals surface area contributed by atoms with Crippen LogP contribution in [-0.2, 0) is 13.7 Å². The third-order valence-corrected chi connectivity index (χ3v) is 3.39. The van der Waals surface area contributed by atoms with Crippen molar-refractivity contribution in [3.05, 3.63) is 54.2 Å². The molecule has 1 heterocycles. The Bertz CT molecular complexity index is 753. The van der Waals surface area contributed by atoms with Crippen molar-refractivity contribution in [3.8, 4) is 5.75 Å². The standard InChI is InChI=1S/C15H15BN2O3/c1-18-15-5-3-2-4-13(15)14(17-18)10-21-12-8-6-11(7-9-12)16(19)20/h2-9,19-20H,10H2,1H3. The van der Waals surface area contributed by atoms with Gasteiger partial charge in [0, 0.05) is 12.4 Å². The first-order valence-electron chi connectivity index (χ1n) is 6.64. The highest BCUT2D eigenvalue weighted by molar-refractivity contribution is 6.58. The van der Waals surface area contributed by atoms with Gasteiger partial charge in [-0.05, 0) is 23.7 Å². The number of rotatable bonds is 4. The summed E-state index contributed by atoms with van der Waals surface area (Å²) in [5.41, 5.74) is 2.37. The van der Waals surface area contributed by atoms with Crippen molar-refractivity contribution < 1.29 is 14.8 Å². The first-order valence-corrected chi connectivity index (χ1v) is 6.64. The van der Waals surface area contributed by atoms with Gasteiger partial charge >= 0.3 is 7.12 Å². The smallest absolute Gasteiger partial charge is 0.487 e. The Labute approximate surface area is 122 Å². The minimum atomic E-state index is -1.46. The summed E-state index contributed by atoms with van der Waals surface area (Å²) >= 11 is 0. The summed E-state index contributed by atoms with van der Waals surface area (Å²) in [5, 5.41) is 23.6. The van der Waals surface area contributed by atoms with Gasteiger partial charge in [-0.1, -0.05) is 30.3 Å². The second-order valence-corrected chi connectivity index (χ2v) is 4.82. The molecule has 5 nitrogen and oxygen atoms in total. The Morgan fingerprint density at radius 1 is 1.10 bits per heavy atom. The van der Waals surface area contributed by atoms with E-state index >= 15 is 0 Å². The molecule has 2 N–H and O–H groups in total. The quantitative estimate of drug-likeness (QED) is 0.696. The van der Waals surface area contributed by atoms with Crippen molar-refractivity contribution in [2.75, 3.05) is 0 Å². The van der Waals surface area contributed by atoms with Crippen molar-refractivity contribution in [1.82, 2.24) is 9.78 Å². The monoisotopic (exact) mass is 282 g/mol. The van der Waals surface area contributed by atoms with Crippen molar-refractivity contribution in [1.29, 1.82) is 0 Å². The maximum atomic E-state index is 9.05. The maximum Gasteiger partial charge on any atom is 0.488 e. The van der Waals surface area contributed by atoms with Crippen LogP contribution in [0, 0.1) is 0 Å². The molecule has 0 unspecified atom stereocenters. The lowest BCUT2D eigenvalue weighted by Gasteiger charge is -2.05. The summed E-state index contributed by atoms with van der Waals surface area (Å²) in [4.78, 5) is 0. The molecule has 1 aromatic heterocycles. The van der Waals surface area contributed by atoms with Crippen molar-refractivity contribution in [3.63, 3.8) is 0 Å². The fourth-order valence-electron chi connectivity index (χ4n) is 2.28. The average molecular weight is 282 g/mol. The molecule has 21 heavy (non-hydrogen) atoms. The van der Waals surface area contributed by atoms with Crippen LogP contribution in [-0.4, -0.2) is 26.9 Å². The molecule has 0 aliphatic carbocycles. The summed E-state index contributed by atoms with van der Waals surface area (Å²) in [6.45, 7) is 0.363. The molecule has 0 aliphatic heterocycles. The van der Waals surface area contributed by atoms with Crippen molar-refractivity contribution >= 4 is 23.5 Å². The highest BCUT2D eigenvalue weighted by atomic mass is 16.5. The van der Waals surface area contributed by atoms with E-state index in [2.05, 4.69) is 5.10 Å². The van der Waals surface area contributed by atoms with Gasteiger partial charge in [-0.2, -0.15) is 5.10 Å². The van der Waals surface area contributed by atoms with Gasteiger partial charge in [-0.25, -0.2) is 0 Å². The van der Waals surface area contributed by atoms with Crippen LogP contribution < -0.4 is 10.2 Å². The molecule has 0 spiro atoms. The number of aromatic nitrogens is 2.